The molecule has 0 fully saturated rings. The van der Waals surface area contributed by atoms with E-state index in [9.17, 15) is 4.79 Å². The summed E-state index contributed by atoms with van der Waals surface area (Å²) in [5.41, 5.74) is 2.91. The Bertz CT molecular complexity index is 802. The SMILES string of the molecule is CCOc1c(Cl)cc(/C=C/C(=O)NCc2ccc(N(C)C)cc2)cc1OC. The summed E-state index contributed by atoms with van der Waals surface area (Å²) in [5, 5.41) is 3.31. The normalized spacial score (nSPS) is 10.7. The van der Waals surface area contributed by atoms with Crippen molar-refractivity contribution in [2.75, 3.05) is 32.7 Å². The molecule has 6 heteroatoms. The van der Waals surface area contributed by atoms with Crippen LogP contribution in [0.1, 0.15) is 18.1 Å². The molecule has 0 aliphatic heterocycles. The van der Waals surface area contributed by atoms with Gasteiger partial charge in [0.2, 0.25) is 5.91 Å². The Labute approximate surface area is 165 Å². The number of anilines is 1. The Morgan fingerprint density at radius 2 is 1.93 bits per heavy atom. The van der Waals surface area contributed by atoms with Gasteiger partial charge in [0, 0.05) is 32.4 Å². The van der Waals surface area contributed by atoms with Crippen LogP contribution in [0.3, 0.4) is 0 Å². The largest absolute Gasteiger partial charge is 0.493 e. The van der Waals surface area contributed by atoms with Gasteiger partial charge in [-0.15, -0.1) is 0 Å². The lowest BCUT2D eigenvalue weighted by Crippen LogP contribution is -2.20. The predicted molar refractivity (Wildman–Crippen MR) is 111 cm³/mol. The Morgan fingerprint density at radius 1 is 1.22 bits per heavy atom. The highest BCUT2D eigenvalue weighted by Crippen LogP contribution is 2.36. The number of rotatable bonds is 8. The molecule has 2 aromatic carbocycles. The molecule has 0 unspecified atom stereocenters. The molecule has 27 heavy (non-hydrogen) atoms. The summed E-state index contributed by atoms with van der Waals surface area (Å²) in [5.74, 6) is 0.852. The van der Waals surface area contributed by atoms with Crippen LogP contribution >= 0.6 is 11.6 Å². The lowest BCUT2D eigenvalue weighted by molar-refractivity contribution is -0.116. The molecule has 5 nitrogen and oxygen atoms in total. The first kappa shape index (κ1) is 20.6. The number of carbonyl (C=O) groups is 1. The van der Waals surface area contributed by atoms with Crippen LogP contribution in [-0.4, -0.2) is 33.7 Å². The van der Waals surface area contributed by atoms with E-state index in [0.29, 0.717) is 29.7 Å². The molecular weight excluding hydrogens is 364 g/mol. The van der Waals surface area contributed by atoms with Gasteiger partial charge in [-0.2, -0.15) is 0 Å². The third-order valence-corrected chi connectivity index (χ3v) is 4.17. The first-order chi connectivity index (χ1) is 12.9. The summed E-state index contributed by atoms with van der Waals surface area (Å²) in [6.07, 6.45) is 3.16. The maximum atomic E-state index is 12.1. The predicted octanol–water partition coefficient (Wildman–Crippen LogP) is 4.14. The Balaban J connectivity index is 1.98. The third-order valence-electron chi connectivity index (χ3n) is 3.89. The number of nitrogens with zero attached hydrogens (tertiary/aromatic N) is 1. The van der Waals surface area contributed by atoms with Crippen LogP contribution in [-0.2, 0) is 11.3 Å². The zero-order chi connectivity index (χ0) is 19.8. The second-order valence-corrected chi connectivity index (χ2v) is 6.49. The topological polar surface area (TPSA) is 50.8 Å². The molecule has 2 rings (SSSR count). The molecule has 0 radical (unpaired) electrons. The number of nitrogens with one attached hydrogen (secondary N) is 1. The van der Waals surface area contributed by atoms with E-state index in [-0.39, 0.29) is 5.91 Å². The molecule has 0 aliphatic carbocycles. The van der Waals surface area contributed by atoms with E-state index in [0.717, 1.165) is 16.8 Å². The fraction of sp³-hybridized carbons (Fsp3) is 0.286. The van der Waals surface area contributed by atoms with Crippen LogP contribution in [0.15, 0.2) is 42.5 Å². The van der Waals surface area contributed by atoms with Crippen LogP contribution in [0.25, 0.3) is 6.08 Å². The van der Waals surface area contributed by atoms with E-state index in [1.54, 1.807) is 25.3 Å². The maximum absolute atomic E-state index is 12.1. The Hall–Kier alpha value is -2.66. The van der Waals surface area contributed by atoms with Crippen molar-refractivity contribution in [2.24, 2.45) is 0 Å². The van der Waals surface area contributed by atoms with Gasteiger partial charge in [0.05, 0.1) is 18.7 Å². The number of amides is 1. The quantitative estimate of drug-likeness (QED) is 0.690. The number of hydrogen-bond acceptors (Lipinski definition) is 4. The average molecular weight is 389 g/mol. The minimum Gasteiger partial charge on any atom is -0.493 e. The highest BCUT2D eigenvalue weighted by Gasteiger charge is 2.10. The summed E-state index contributed by atoms with van der Waals surface area (Å²) in [6, 6.07) is 11.5. The lowest BCUT2D eigenvalue weighted by atomic mass is 10.1. The van der Waals surface area contributed by atoms with Gasteiger partial charge in [0.15, 0.2) is 11.5 Å². The van der Waals surface area contributed by atoms with Crippen molar-refractivity contribution in [3.63, 3.8) is 0 Å². The van der Waals surface area contributed by atoms with Crippen molar-refractivity contribution in [2.45, 2.75) is 13.5 Å². The summed E-state index contributed by atoms with van der Waals surface area (Å²) < 4.78 is 10.8. The first-order valence-corrected chi connectivity index (χ1v) is 9.05. The molecule has 0 spiro atoms. The highest BCUT2D eigenvalue weighted by molar-refractivity contribution is 6.32. The Kier molecular flexibility index (Phi) is 7.55. The van der Waals surface area contributed by atoms with Crippen molar-refractivity contribution in [1.29, 1.82) is 0 Å². The minimum absolute atomic E-state index is 0.185. The van der Waals surface area contributed by atoms with E-state index in [1.807, 2.05) is 50.2 Å². The van der Waals surface area contributed by atoms with Crippen LogP contribution < -0.4 is 19.7 Å². The van der Waals surface area contributed by atoms with Crippen LogP contribution in [0.5, 0.6) is 11.5 Å². The molecule has 0 saturated carbocycles. The van der Waals surface area contributed by atoms with Gasteiger partial charge in [-0.1, -0.05) is 23.7 Å². The summed E-state index contributed by atoms with van der Waals surface area (Å²) in [4.78, 5) is 14.1. The number of methoxy groups -OCH3 is 1. The summed E-state index contributed by atoms with van der Waals surface area (Å²) in [7, 11) is 5.53. The average Bonchev–Trinajstić information content (AvgIpc) is 2.66. The van der Waals surface area contributed by atoms with Crippen molar-refractivity contribution < 1.29 is 14.3 Å². The van der Waals surface area contributed by atoms with Gasteiger partial charge in [-0.3, -0.25) is 4.79 Å². The fourth-order valence-electron chi connectivity index (χ4n) is 2.45. The lowest BCUT2D eigenvalue weighted by Gasteiger charge is -2.12. The number of halogens is 1. The van der Waals surface area contributed by atoms with Crippen molar-refractivity contribution in [3.05, 3.63) is 58.6 Å². The fourth-order valence-corrected chi connectivity index (χ4v) is 2.73. The number of ether oxygens (including phenoxy) is 2. The third kappa shape index (κ3) is 5.93. The Morgan fingerprint density at radius 3 is 2.52 bits per heavy atom. The van der Waals surface area contributed by atoms with E-state index >= 15 is 0 Å². The van der Waals surface area contributed by atoms with E-state index in [1.165, 1.54) is 6.08 Å². The van der Waals surface area contributed by atoms with E-state index in [2.05, 4.69) is 5.32 Å². The van der Waals surface area contributed by atoms with Gasteiger partial charge >= 0.3 is 0 Å². The number of benzene rings is 2. The zero-order valence-corrected chi connectivity index (χ0v) is 16.8. The molecule has 0 atom stereocenters. The molecule has 0 heterocycles. The van der Waals surface area contributed by atoms with E-state index in [4.69, 9.17) is 21.1 Å². The molecule has 0 bridgehead atoms. The maximum Gasteiger partial charge on any atom is 0.244 e. The molecule has 0 aliphatic rings. The van der Waals surface area contributed by atoms with Gasteiger partial charge in [-0.25, -0.2) is 0 Å². The van der Waals surface area contributed by atoms with Gasteiger partial charge < -0.3 is 19.7 Å². The first-order valence-electron chi connectivity index (χ1n) is 8.67. The minimum atomic E-state index is -0.185. The zero-order valence-electron chi connectivity index (χ0n) is 16.1. The van der Waals surface area contributed by atoms with Crippen LogP contribution in [0.2, 0.25) is 5.02 Å². The molecule has 144 valence electrons. The molecule has 2 aromatic rings. The van der Waals surface area contributed by atoms with Crippen molar-refractivity contribution in [3.8, 4) is 11.5 Å². The van der Waals surface area contributed by atoms with Crippen molar-refractivity contribution >= 4 is 29.3 Å². The molecular formula is C21H25ClN2O3. The molecule has 0 saturated heterocycles. The summed E-state index contributed by atoms with van der Waals surface area (Å²) in [6.45, 7) is 2.83. The molecule has 0 aromatic heterocycles. The standard InChI is InChI=1S/C21H25ClN2O3/c1-5-27-21-18(22)12-16(13-19(21)26-4)8-11-20(25)23-14-15-6-9-17(10-7-15)24(2)3/h6-13H,5,14H2,1-4H3,(H,23,25)/b11-8+. The van der Waals surface area contributed by atoms with Crippen molar-refractivity contribution in [1.82, 2.24) is 5.32 Å². The van der Waals surface area contributed by atoms with Gasteiger partial charge in [0.1, 0.15) is 0 Å². The monoisotopic (exact) mass is 388 g/mol. The molecule has 1 N–H and O–H groups in total. The number of carbonyl (C=O) groups excluding carboxylic acids is 1. The van der Waals surface area contributed by atoms with Gasteiger partial charge in [0.25, 0.3) is 0 Å². The van der Waals surface area contributed by atoms with E-state index < -0.39 is 0 Å². The second kappa shape index (κ2) is 9.88. The van der Waals surface area contributed by atoms with Crippen LogP contribution in [0.4, 0.5) is 5.69 Å². The smallest absolute Gasteiger partial charge is 0.244 e. The number of hydrogen-bond donors (Lipinski definition) is 1. The van der Waals surface area contributed by atoms with Crippen LogP contribution in [0, 0.1) is 0 Å². The molecule has 1 amide bonds. The second-order valence-electron chi connectivity index (χ2n) is 6.08. The summed E-state index contributed by atoms with van der Waals surface area (Å²) >= 11 is 6.24. The highest BCUT2D eigenvalue weighted by atomic mass is 35.5. The van der Waals surface area contributed by atoms with Gasteiger partial charge in [-0.05, 0) is 48.4 Å².